The zero-order valence-corrected chi connectivity index (χ0v) is 17.1. The number of piperidine rings is 1. The predicted molar refractivity (Wildman–Crippen MR) is 114 cm³/mol. The van der Waals surface area contributed by atoms with Gasteiger partial charge in [-0.3, -0.25) is 14.5 Å². The first-order valence-electron chi connectivity index (χ1n) is 10.5. The quantitative estimate of drug-likeness (QED) is 0.872. The van der Waals surface area contributed by atoms with Gasteiger partial charge in [0.2, 0.25) is 5.91 Å². The second-order valence-electron chi connectivity index (χ2n) is 8.17. The van der Waals surface area contributed by atoms with Crippen molar-refractivity contribution in [3.05, 3.63) is 70.8 Å². The number of rotatable bonds is 4. The monoisotopic (exact) mass is 391 g/mol. The van der Waals surface area contributed by atoms with Crippen molar-refractivity contribution >= 4 is 11.8 Å². The third-order valence-corrected chi connectivity index (χ3v) is 6.15. The molecule has 0 spiro atoms. The van der Waals surface area contributed by atoms with Gasteiger partial charge < -0.3 is 10.2 Å². The number of benzene rings is 2. The molecule has 0 aliphatic carbocycles. The van der Waals surface area contributed by atoms with Crippen LogP contribution in [0.3, 0.4) is 0 Å². The average Bonchev–Trinajstić information content (AvgIpc) is 2.75. The second kappa shape index (κ2) is 8.78. The van der Waals surface area contributed by atoms with Crippen LogP contribution in [0.5, 0.6) is 0 Å². The molecule has 0 unspecified atom stereocenters. The Labute approximate surface area is 172 Å². The van der Waals surface area contributed by atoms with E-state index < -0.39 is 0 Å². The van der Waals surface area contributed by atoms with Crippen molar-refractivity contribution in [2.75, 3.05) is 26.2 Å². The van der Waals surface area contributed by atoms with Gasteiger partial charge in [-0.05, 0) is 48.9 Å². The standard InChI is InChI=1S/C24H29N3O2/c1-18-6-2-5-9-22(18)24(29)25-21-11-13-26(14-12-21)17-23(28)27-15-10-19-7-3-4-8-20(19)16-27/h2-9,21H,10-17H2,1H3,(H,25,29). The number of hydrogen-bond acceptors (Lipinski definition) is 3. The van der Waals surface area contributed by atoms with E-state index in [9.17, 15) is 9.59 Å². The van der Waals surface area contributed by atoms with Crippen LogP contribution in [0.1, 0.15) is 39.9 Å². The number of nitrogens with one attached hydrogen (secondary N) is 1. The van der Waals surface area contributed by atoms with Gasteiger partial charge in [0.05, 0.1) is 6.54 Å². The Bertz CT molecular complexity index is 887. The van der Waals surface area contributed by atoms with Gasteiger partial charge in [-0.15, -0.1) is 0 Å². The maximum absolute atomic E-state index is 12.8. The van der Waals surface area contributed by atoms with E-state index in [1.165, 1.54) is 11.1 Å². The molecule has 0 atom stereocenters. The fourth-order valence-corrected chi connectivity index (χ4v) is 4.33. The zero-order chi connectivity index (χ0) is 20.2. The highest BCUT2D eigenvalue weighted by Crippen LogP contribution is 2.19. The summed E-state index contributed by atoms with van der Waals surface area (Å²) >= 11 is 0. The molecule has 152 valence electrons. The van der Waals surface area contributed by atoms with Crippen molar-refractivity contribution in [3.8, 4) is 0 Å². The number of carbonyl (C=O) groups is 2. The molecule has 1 N–H and O–H groups in total. The van der Waals surface area contributed by atoms with Crippen molar-refractivity contribution in [1.82, 2.24) is 15.1 Å². The summed E-state index contributed by atoms with van der Waals surface area (Å²) in [6, 6.07) is 16.2. The lowest BCUT2D eigenvalue weighted by molar-refractivity contribution is -0.133. The highest BCUT2D eigenvalue weighted by molar-refractivity contribution is 5.95. The lowest BCUT2D eigenvalue weighted by Gasteiger charge is -2.35. The Morgan fingerprint density at radius 1 is 0.966 bits per heavy atom. The fourth-order valence-electron chi connectivity index (χ4n) is 4.33. The predicted octanol–water partition coefficient (Wildman–Crippen LogP) is 2.77. The van der Waals surface area contributed by atoms with E-state index >= 15 is 0 Å². The van der Waals surface area contributed by atoms with Crippen molar-refractivity contribution in [3.63, 3.8) is 0 Å². The van der Waals surface area contributed by atoms with Crippen LogP contribution in [0.15, 0.2) is 48.5 Å². The number of amides is 2. The molecule has 2 aromatic carbocycles. The van der Waals surface area contributed by atoms with Crippen LogP contribution in [0.2, 0.25) is 0 Å². The first kappa shape index (κ1) is 19.6. The van der Waals surface area contributed by atoms with E-state index in [1.54, 1.807) is 0 Å². The van der Waals surface area contributed by atoms with Crippen LogP contribution < -0.4 is 5.32 Å². The minimum Gasteiger partial charge on any atom is -0.349 e. The third kappa shape index (κ3) is 4.67. The highest BCUT2D eigenvalue weighted by atomic mass is 16.2. The van der Waals surface area contributed by atoms with E-state index in [0.717, 1.165) is 56.6 Å². The van der Waals surface area contributed by atoms with Crippen molar-refractivity contribution in [1.29, 1.82) is 0 Å². The van der Waals surface area contributed by atoms with E-state index in [1.807, 2.05) is 42.2 Å². The van der Waals surface area contributed by atoms with E-state index in [2.05, 4.69) is 28.4 Å². The van der Waals surface area contributed by atoms with E-state index in [-0.39, 0.29) is 17.9 Å². The maximum atomic E-state index is 12.8. The number of likely N-dealkylation sites (tertiary alicyclic amines) is 1. The molecule has 4 rings (SSSR count). The first-order valence-corrected chi connectivity index (χ1v) is 10.5. The van der Waals surface area contributed by atoms with Crippen molar-refractivity contribution in [2.45, 2.75) is 38.8 Å². The minimum atomic E-state index is 0.00427. The number of carbonyl (C=O) groups excluding carboxylic acids is 2. The van der Waals surface area contributed by atoms with Crippen LogP contribution >= 0.6 is 0 Å². The molecule has 0 bridgehead atoms. The lowest BCUT2D eigenvalue weighted by atomic mass is 10.00. The van der Waals surface area contributed by atoms with Crippen LogP contribution in [-0.4, -0.2) is 53.8 Å². The Hall–Kier alpha value is -2.66. The summed E-state index contributed by atoms with van der Waals surface area (Å²) < 4.78 is 0. The summed E-state index contributed by atoms with van der Waals surface area (Å²) in [4.78, 5) is 29.5. The van der Waals surface area contributed by atoms with E-state index in [0.29, 0.717) is 6.54 Å². The lowest BCUT2D eigenvalue weighted by Crippen LogP contribution is -2.48. The largest absolute Gasteiger partial charge is 0.349 e. The molecule has 1 fully saturated rings. The molecule has 5 nitrogen and oxygen atoms in total. The Kier molecular flexibility index (Phi) is 5.95. The normalized spacial score (nSPS) is 17.6. The molecule has 0 radical (unpaired) electrons. The molecule has 0 saturated carbocycles. The molecule has 0 aromatic heterocycles. The van der Waals surface area contributed by atoms with Gasteiger partial charge in [-0.2, -0.15) is 0 Å². The summed E-state index contributed by atoms with van der Waals surface area (Å²) in [6.45, 7) is 5.64. The van der Waals surface area contributed by atoms with Gasteiger partial charge in [0.1, 0.15) is 0 Å². The number of fused-ring (bicyclic) bond motifs is 1. The summed E-state index contributed by atoms with van der Waals surface area (Å²) in [6.07, 6.45) is 2.70. The molecule has 2 aromatic rings. The SMILES string of the molecule is Cc1ccccc1C(=O)NC1CCN(CC(=O)N2CCc3ccccc3C2)CC1. The first-order chi connectivity index (χ1) is 14.1. The topological polar surface area (TPSA) is 52.7 Å². The average molecular weight is 392 g/mol. The Morgan fingerprint density at radius 2 is 1.66 bits per heavy atom. The molecular weight excluding hydrogens is 362 g/mol. The van der Waals surface area contributed by atoms with Gasteiger partial charge in [0.25, 0.3) is 5.91 Å². The molecule has 2 aliphatic heterocycles. The van der Waals surface area contributed by atoms with Gasteiger partial charge in [-0.1, -0.05) is 42.5 Å². The smallest absolute Gasteiger partial charge is 0.251 e. The van der Waals surface area contributed by atoms with Crippen LogP contribution in [0, 0.1) is 6.92 Å². The molecule has 29 heavy (non-hydrogen) atoms. The molecule has 2 amide bonds. The summed E-state index contributed by atoms with van der Waals surface area (Å²) in [5, 5.41) is 3.16. The van der Waals surface area contributed by atoms with Gasteiger partial charge in [-0.25, -0.2) is 0 Å². The molecule has 5 heteroatoms. The summed E-state index contributed by atoms with van der Waals surface area (Å²) in [5.41, 5.74) is 4.37. The molecule has 2 heterocycles. The fraction of sp³-hybridized carbons (Fsp3) is 0.417. The van der Waals surface area contributed by atoms with Gasteiger partial charge >= 0.3 is 0 Å². The molecular formula is C24H29N3O2. The van der Waals surface area contributed by atoms with Gasteiger partial charge in [0.15, 0.2) is 0 Å². The van der Waals surface area contributed by atoms with E-state index in [4.69, 9.17) is 0 Å². The Morgan fingerprint density at radius 3 is 2.41 bits per heavy atom. The summed E-state index contributed by atoms with van der Waals surface area (Å²) in [5.74, 6) is 0.214. The number of nitrogens with zero attached hydrogens (tertiary/aromatic N) is 2. The van der Waals surface area contributed by atoms with Crippen molar-refractivity contribution < 1.29 is 9.59 Å². The van der Waals surface area contributed by atoms with Crippen molar-refractivity contribution in [2.24, 2.45) is 0 Å². The highest BCUT2D eigenvalue weighted by Gasteiger charge is 2.26. The van der Waals surface area contributed by atoms with Crippen LogP contribution in [0.4, 0.5) is 0 Å². The Balaban J connectivity index is 1.24. The molecule has 2 aliphatic rings. The number of hydrogen-bond donors (Lipinski definition) is 1. The number of aryl methyl sites for hydroxylation is 1. The third-order valence-electron chi connectivity index (χ3n) is 6.15. The zero-order valence-electron chi connectivity index (χ0n) is 17.1. The second-order valence-corrected chi connectivity index (χ2v) is 8.17. The summed E-state index contributed by atoms with van der Waals surface area (Å²) in [7, 11) is 0. The maximum Gasteiger partial charge on any atom is 0.251 e. The minimum absolute atomic E-state index is 0.00427. The van der Waals surface area contributed by atoms with Gasteiger partial charge in [0, 0.05) is 37.8 Å². The van der Waals surface area contributed by atoms with Crippen LogP contribution in [0.25, 0.3) is 0 Å². The van der Waals surface area contributed by atoms with Crippen LogP contribution in [-0.2, 0) is 17.8 Å². The molecule has 1 saturated heterocycles.